The van der Waals surface area contributed by atoms with E-state index in [0.29, 0.717) is 16.5 Å². The molecule has 0 aliphatic rings. The second kappa shape index (κ2) is 8.28. The van der Waals surface area contributed by atoms with Gasteiger partial charge in [0.25, 0.3) is 5.91 Å². The molecule has 0 aliphatic heterocycles. The Morgan fingerprint density at radius 1 is 1.06 bits per heavy atom. The standard InChI is InChI=1S/C23H22N2O4S2/c1-4-31(27,28)19-11-9-17(10-12-19)22(26)25(14-18-6-5-13-29-18)23-24-20-15(2)7-8-16(3)21(20)30-23/h5-13H,4,14H2,1-3H3. The largest absolute Gasteiger partial charge is 0.467 e. The zero-order chi connectivity index (χ0) is 22.2. The molecule has 31 heavy (non-hydrogen) atoms. The van der Waals surface area contributed by atoms with Crippen molar-refractivity contribution in [3.05, 3.63) is 77.2 Å². The molecule has 0 spiro atoms. The second-order valence-corrected chi connectivity index (χ2v) is 10.5. The van der Waals surface area contributed by atoms with Gasteiger partial charge in [0.15, 0.2) is 15.0 Å². The summed E-state index contributed by atoms with van der Waals surface area (Å²) in [5.74, 6) is 0.368. The molecule has 2 aromatic heterocycles. The zero-order valence-corrected chi connectivity index (χ0v) is 19.1. The number of anilines is 1. The third-order valence-electron chi connectivity index (χ3n) is 5.14. The molecule has 0 fully saturated rings. The Hall–Kier alpha value is -2.97. The number of amides is 1. The van der Waals surface area contributed by atoms with Crippen molar-refractivity contribution < 1.29 is 17.6 Å². The number of carbonyl (C=O) groups is 1. The van der Waals surface area contributed by atoms with E-state index in [1.807, 2.05) is 26.0 Å². The Bertz CT molecular complexity index is 1300. The zero-order valence-electron chi connectivity index (χ0n) is 17.5. The number of furan rings is 1. The lowest BCUT2D eigenvalue weighted by Crippen LogP contribution is -2.30. The van der Waals surface area contributed by atoms with E-state index >= 15 is 0 Å². The number of nitrogens with zero attached hydrogens (tertiary/aromatic N) is 2. The molecular formula is C23H22N2O4S2. The molecule has 8 heteroatoms. The molecule has 0 atom stereocenters. The summed E-state index contributed by atoms with van der Waals surface area (Å²) in [5.41, 5.74) is 3.41. The number of carbonyl (C=O) groups excluding carboxylic acids is 1. The maximum Gasteiger partial charge on any atom is 0.260 e. The van der Waals surface area contributed by atoms with Gasteiger partial charge in [-0.2, -0.15) is 0 Å². The summed E-state index contributed by atoms with van der Waals surface area (Å²) < 4.78 is 30.7. The highest BCUT2D eigenvalue weighted by Gasteiger charge is 2.24. The first-order chi connectivity index (χ1) is 14.8. The number of sulfone groups is 1. The van der Waals surface area contributed by atoms with Crippen LogP contribution in [0.3, 0.4) is 0 Å². The molecule has 1 amide bonds. The van der Waals surface area contributed by atoms with E-state index in [-0.39, 0.29) is 23.1 Å². The van der Waals surface area contributed by atoms with Crippen LogP contribution in [0.5, 0.6) is 0 Å². The van der Waals surface area contributed by atoms with Crippen molar-refractivity contribution in [2.45, 2.75) is 32.2 Å². The van der Waals surface area contributed by atoms with E-state index in [4.69, 9.17) is 9.40 Å². The second-order valence-electron chi connectivity index (χ2n) is 7.27. The summed E-state index contributed by atoms with van der Waals surface area (Å²) in [4.78, 5) is 20.0. The molecule has 6 nitrogen and oxygen atoms in total. The van der Waals surface area contributed by atoms with Gasteiger partial charge >= 0.3 is 0 Å². The molecular weight excluding hydrogens is 432 g/mol. The first-order valence-electron chi connectivity index (χ1n) is 9.84. The SMILES string of the molecule is CCS(=O)(=O)c1ccc(C(=O)N(Cc2ccco2)c2nc3c(C)ccc(C)c3s2)cc1. The minimum absolute atomic E-state index is 0.00924. The molecule has 160 valence electrons. The summed E-state index contributed by atoms with van der Waals surface area (Å²) in [6.45, 7) is 5.83. The fraction of sp³-hybridized carbons (Fsp3) is 0.217. The van der Waals surface area contributed by atoms with Crippen molar-refractivity contribution in [3.8, 4) is 0 Å². The lowest BCUT2D eigenvalue weighted by molar-refractivity contribution is 0.0983. The van der Waals surface area contributed by atoms with Crippen LogP contribution in [0, 0.1) is 13.8 Å². The first-order valence-corrected chi connectivity index (χ1v) is 12.3. The number of aryl methyl sites for hydroxylation is 2. The molecule has 4 rings (SSSR count). The predicted octanol–water partition coefficient (Wildman–Crippen LogP) is 5.15. The van der Waals surface area contributed by atoms with Crippen LogP contribution in [0.15, 0.2) is 64.1 Å². The van der Waals surface area contributed by atoms with Crippen molar-refractivity contribution in [3.63, 3.8) is 0 Å². The maximum atomic E-state index is 13.5. The average Bonchev–Trinajstić information content (AvgIpc) is 3.45. The third-order valence-corrected chi connectivity index (χ3v) is 8.11. The van der Waals surface area contributed by atoms with E-state index in [1.54, 1.807) is 42.4 Å². The summed E-state index contributed by atoms with van der Waals surface area (Å²) >= 11 is 1.46. The van der Waals surface area contributed by atoms with Crippen molar-refractivity contribution in [2.24, 2.45) is 0 Å². The average molecular weight is 455 g/mol. The van der Waals surface area contributed by atoms with Crippen LogP contribution in [-0.4, -0.2) is 25.1 Å². The summed E-state index contributed by atoms with van der Waals surface area (Å²) in [7, 11) is -3.33. The number of thiazole rings is 1. The first kappa shape index (κ1) is 21.3. The monoisotopic (exact) mass is 454 g/mol. The lowest BCUT2D eigenvalue weighted by Gasteiger charge is -2.19. The highest BCUT2D eigenvalue weighted by atomic mass is 32.2. The van der Waals surface area contributed by atoms with Crippen LogP contribution >= 0.6 is 11.3 Å². The van der Waals surface area contributed by atoms with Crippen molar-refractivity contribution in [1.29, 1.82) is 0 Å². The summed E-state index contributed by atoms with van der Waals surface area (Å²) in [5, 5.41) is 0.569. The number of hydrogen-bond donors (Lipinski definition) is 0. The summed E-state index contributed by atoms with van der Waals surface area (Å²) in [6, 6.07) is 13.7. The number of aromatic nitrogens is 1. The van der Waals surface area contributed by atoms with Crippen LogP contribution in [0.4, 0.5) is 5.13 Å². The van der Waals surface area contributed by atoms with Crippen LogP contribution < -0.4 is 4.90 Å². The minimum atomic E-state index is -3.33. The maximum absolute atomic E-state index is 13.5. The fourth-order valence-corrected chi connectivity index (χ4v) is 5.27. The quantitative estimate of drug-likeness (QED) is 0.403. The van der Waals surface area contributed by atoms with Crippen LogP contribution in [0.25, 0.3) is 10.2 Å². The van der Waals surface area contributed by atoms with Gasteiger partial charge in [-0.05, 0) is 61.4 Å². The van der Waals surface area contributed by atoms with Gasteiger partial charge < -0.3 is 4.42 Å². The van der Waals surface area contributed by atoms with Gasteiger partial charge in [-0.1, -0.05) is 30.4 Å². The molecule has 0 radical (unpaired) electrons. The lowest BCUT2D eigenvalue weighted by atomic mass is 10.1. The molecule has 0 unspecified atom stereocenters. The van der Waals surface area contributed by atoms with E-state index < -0.39 is 9.84 Å². The number of hydrogen-bond acceptors (Lipinski definition) is 6. The van der Waals surface area contributed by atoms with Gasteiger partial charge in [0.2, 0.25) is 0 Å². The minimum Gasteiger partial charge on any atom is -0.467 e. The Morgan fingerprint density at radius 3 is 2.39 bits per heavy atom. The fourth-order valence-electron chi connectivity index (χ4n) is 3.28. The predicted molar refractivity (Wildman–Crippen MR) is 122 cm³/mol. The summed E-state index contributed by atoms with van der Waals surface area (Å²) in [6.07, 6.45) is 1.56. The number of benzene rings is 2. The van der Waals surface area contributed by atoms with Crippen LogP contribution in [-0.2, 0) is 16.4 Å². The third kappa shape index (κ3) is 4.13. The Labute approximate surface area is 185 Å². The molecule has 0 bridgehead atoms. The molecule has 0 saturated carbocycles. The smallest absolute Gasteiger partial charge is 0.260 e. The van der Waals surface area contributed by atoms with E-state index in [1.165, 1.54) is 23.5 Å². The molecule has 4 aromatic rings. The van der Waals surface area contributed by atoms with Crippen molar-refractivity contribution in [1.82, 2.24) is 4.98 Å². The van der Waals surface area contributed by atoms with Crippen LogP contribution in [0.1, 0.15) is 34.2 Å². The Balaban J connectivity index is 1.76. The van der Waals surface area contributed by atoms with E-state index in [0.717, 1.165) is 21.3 Å². The van der Waals surface area contributed by atoms with Gasteiger partial charge in [-0.3, -0.25) is 9.69 Å². The van der Waals surface area contributed by atoms with Gasteiger partial charge in [-0.15, -0.1) is 0 Å². The highest BCUT2D eigenvalue weighted by molar-refractivity contribution is 7.91. The molecule has 2 aromatic carbocycles. The van der Waals surface area contributed by atoms with Crippen molar-refractivity contribution >= 4 is 42.4 Å². The molecule has 0 N–H and O–H groups in total. The topological polar surface area (TPSA) is 80.5 Å². The molecule has 2 heterocycles. The molecule has 0 aliphatic carbocycles. The van der Waals surface area contributed by atoms with Gasteiger partial charge in [0.1, 0.15) is 5.76 Å². The normalized spacial score (nSPS) is 11.7. The van der Waals surface area contributed by atoms with E-state index in [2.05, 4.69) is 0 Å². The van der Waals surface area contributed by atoms with Crippen molar-refractivity contribution in [2.75, 3.05) is 10.7 Å². The number of rotatable bonds is 6. The van der Waals surface area contributed by atoms with Gasteiger partial charge in [-0.25, -0.2) is 13.4 Å². The van der Waals surface area contributed by atoms with Gasteiger partial charge in [0.05, 0.1) is 33.7 Å². The number of fused-ring (bicyclic) bond motifs is 1. The Morgan fingerprint density at radius 2 is 1.77 bits per heavy atom. The highest BCUT2D eigenvalue weighted by Crippen LogP contribution is 2.34. The molecule has 0 saturated heterocycles. The van der Waals surface area contributed by atoms with E-state index in [9.17, 15) is 13.2 Å². The van der Waals surface area contributed by atoms with Gasteiger partial charge in [0, 0.05) is 5.56 Å². The van der Waals surface area contributed by atoms with Crippen LogP contribution in [0.2, 0.25) is 0 Å². The Kier molecular flexibility index (Phi) is 5.68.